The number of rotatable bonds is 3. The quantitative estimate of drug-likeness (QED) is 0.708. The zero-order chi connectivity index (χ0) is 8.55. The fraction of sp³-hybridized carbons (Fsp3) is 0.750. The highest BCUT2D eigenvalue weighted by molar-refractivity contribution is 5.10. The Morgan fingerprint density at radius 3 is 2.92 bits per heavy atom. The first-order valence-corrected chi connectivity index (χ1v) is 4.43. The standard InChI is InChI=1S/C8H14N4/c1-6-8(4-5-9)10-11-12(6)7-2-3-7/h7H,2-5,9H2,1H3. The van der Waals surface area contributed by atoms with E-state index in [-0.39, 0.29) is 0 Å². The van der Waals surface area contributed by atoms with Gasteiger partial charge in [-0.05, 0) is 26.3 Å². The Kier molecular flexibility index (Phi) is 1.84. The van der Waals surface area contributed by atoms with E-state index < -0.39 is 0 Å². The van der Waals surface area contributed by atoms with E-state index in [1.165, 1.54) is 18.5 Å². The first-order chi connectivity index (χ1) is 5.83. The van der Waals surface area contributed by atoms with E-state index in [1.807, 2.05) is 4.68 Å². The smallest absolute Gasteiger partial charge is 0.0868 e. The van der Waals surface area contributed by atoms with Crippen molar-refractivity contribution in [2.24, 2.45) is 5.73 Å². The van der Waals surface area contributed by atoms with Crippen LogP contribution in [0.5, 0.6) is 0 Å². The largest absolute Gasteiger partial charge is 0.330 e. The summed E-state index contributed by atoms with van der Waals surface area (Å²) < 4.78 is 2.03. The van der Waals surface area contributed by atoms with Crippen LogP contribution in [-0.4, -0.2) is 21.5 Å². The van der Waals surface area contributed by atoms with Crippen LogP contribution in [0.1, 0.15) is 30.3 Å². The average molecular weight is 166 g/mol. The third kappa shape index (κ3) is 1.22. The molecule has 4 heteroatoms. The normalized spacial score (nSPS) is 16.8. The van der Waals surface area contributed by atoms with Gasteiger partial charge in [-0.2, -0.15) is 0 Å². The minimum atomic E-state index is 0.629. The van der Waals surface area contributed by atoms with Gasteiger partial charge in [0, 0.05) is 6.42 Å². The van der Waals surface area contributed by atoms with Crippen LogP contribution in [0.25, 0.3) is 0 Å². The fourth-order valence-electron chi connectivity index (χ4n) is 1.41. The number of hydrogen-bond donors (Lipinski definition) is 1. The van der Waals surface area contributed by atoms with Crippen molar-refractivity contribution >= 4 is 0 Å². The molecule has 1 aliphatic rings. The van der Waals surface area contributed by atoms with Crippen molar-refractivity contribution in [2.45, 2.75) is 32.2 Å². The van der Waals surface area contributed by atoms with Crippen LogP contribution < -0.4 is 5.73 Å². The monoisotopic (exact) mass is 166 g/mol. The minimum absolute atomic E-state index is 0.629. The molecule has 4 nitrogen and oxygen atoms in total. The van der Waals surface area contributed by atoms with Gasteiger partial charge < -0.3 is 5.73 Å². The second-order valence-electron chi connectivity index (χ2n) is 3.34. The Balaban J connectivity index is 2.21. The number of nitrogens with two attached hydrogens (primary N) is 1. The van der Waals surface area contributed by atoms with E-state index in [4.69, 9.17) is 5.73 Å². The molecule has 1 fully saturated rings. The number of aromatic nitrogens is 3. The molecule has 1 saturated carbocycles. The lowest BCUT2D eigenvalue weighted by molar-refractivity contribution is 0.595. The molecule has 2 rings (SSSR count). The molecule has 66 valence electrons. The highest BCUT2D eigenvalue weighted by Gasteiger charge is 2.26. The summed E-state index contributed by atoms with van der Waals surface area (Å²) in [5, 5.41) is 8.21. The zero-order valence-corrected chi connectivity index (χ0v) is 7.32. The summed E-state index contributed by atoms with van der Waals surface area (Å²) in [6, 6.07) is 0.629. The van der Waals surface area contributed by atoms with Crippen molar-refractivity contribution in [3.8, 4) is 0 Å². The van der Waals surface area contributed by atoms with Gasteiger partial charge in [-0.1, -0.05) is 5.21 Å². The van der Waals surface area contributed by atoms with Crippen LogP contribution in [0.2, 0.25) is 0 Å². The maximum absolute atomic E-state index is 5.45. The molecule has 0 unspecified atom stereocenters. The second-order valence-corrected chi connectivity index (χ2v) is 3.34. The van der Waals surface area contributed by atoms with Crippen LogP contribution in [0.15, 0.2) is 0 Å². The Labute approximate surface area is 71.8 Å². The molecule has 12 heavy (non-hydrogen) atoms. The van der Waals surface area contributed by atoms with Gasteiger partial charge in [-0.25, -0.2) is 4.68 Å². The molecule has 0 bridgehead atoms. The van der Waals surface area contributed by atoms with Crippen molar-refractivity contribution in [1.82, 2.24) is 15.0 Å². The summed E-state index contributed by atoms with van der Waals surface area (Å²) in [5.74, 6) is 0. The predicted octanol–water partition coefficient (Wildman–Crippen LogP) is 0.423. The molecule has 2 N–H and O–H groups in total. The van der Waals surface area contributed by atoms with Crippen LogP contribution in [0.4, 0.5) is 0 Å². The average Bonchev–Trinajstić information content (AvgIpc) is 2.82. The summed E-state index contributed by atoms with van der Waals surface area (Å²) >= 11 is 0. The lowest BCUT2D eigenvalue weighted by Crippen LogP contribution is -2.05. The second kappa shape index (κ2) is 2.86. The maximum atomic E-state index is 5.45. The molecule has 0 spiro atoms. The third-order valence-electron chi connectivity index (χ3n) is 2.30. The number of nitrogens with zero attached hydrogens (tertiary/aromatic N) is 3. The highest BCUT2D eigenvalue weighted by atomic mass is 15.4. The van der Waals surface area contributed by atoms with Gasteiger partial charge >= 0.3 is 0 Å². The van der Waals surface area contributed by atoms with Gasteiger partial charge in [0.05, 0.1) is 17.4 Å². The number of hydrogen-bond acceptors (Lipinski definition) is 3. The van der Waals surface area contributed by atoms with Gasteiger partial charge in [-0.3, -0.25) is 0 Å². The molecule has 0 amide bonds. The molecule has 0 atom stereocenters. The summed E-state index contributed by atoms with van der Waals surface area (Å²) in [5.41, 5.74) is 7.71. The molecule has 0 aromatic carbocycles. The van der Waals surface area contributed by atoms with Gasteiger partial charge in [0.2, 0.25) is 0 Å². The molecule has 0 radical (unpaired) electrons. The highest BCUT2D eigenvalue weighted by Crippen LogP contribution is 2.35. The van der Waals surface area contributed by atoms with Crippen LogP contribution in [-0.2, 0) is 6.42 Å². The molecule has 0 aliphatic heterocycles. The summed E-state index contributed by atoms with van der Waals surface area (Å²) in [6.45, 7) is 2.73. The maximum Gasteiger partial charge on any atom is 0.0868 e. The first-order valence-electron chi connectivity index (χ1n) is 4.43. The molecule has 1 aliphatic carbocycles. The van der Waals surface area contributed by atoms with E-state index in [0.29, 0.717) is 12.6 Å². The lowest BCUT2D eigenvalue weighted by Gasteiger charge is -1.99. The topological polar surface area (TPSA) is 56.7 Å². The minimum Gasteiger partial charge on any atom is -0.330 e. The molecule has 1 heterocycles. The third-order valence-corrected chi connectivity index (χ3v) is 2.30. The molecule has 0 saturated heterocycles. The van der Waals surface area contributed by atoms with Crippen molar-refractivity contribution in [1.29, 1.82) is 0 Å². The van der Waals surface area contributed by atoms with E-state index >= 15 is 0 Å². The van der Waals surface area contributed by atoms with Gasteiger partial charge in [-0.15, -0.1) is 5.10 Å². The Hall–Kier alpha value is -0.900. The van der Waals surface area contributed by atoms with Crippen LogP contribution >= 0.6 is 0 Å². The Morgan fingerprint density at radius 1 is 1.58 bits per heavy atom. The van der Waals surface area contributed by atoms with Crippen molar-refractivity contribution in [3.63, 3.8) is 0 Å². The summed E-state index contributed by atoms with van der Waals surface area (Å²) in [7, 11) is 0. The molecule has 1 aromatic rings. The summed E-state index contributed by atoms with van der Waals surface area (Å²) in [4.78, 5) is 0. The summed E-state index contributed by atoms with van der Waals surface area (Å²) in [6.07, 6.45) is 3.36. The van der Waals surface area contributed by atoms with Gasteiger partial charge in [0.25, 0.3) is 0 Å². The van der Waals surface area contributed by atoms with Gasteiger partial charge in [0.15, 0.2) is 0 Å². The SMILES string of the molecule is Cc1c(CCN)nnn1C1CC1. The predicted molar refractivity (Wildman–Crippen MR) is 45.8 cm³/mol. The van der Waals surface area contributed by atoms with E-state index in [2.05, 4.69) is 17.2 Å². The molecule has 1 aromatic heterocycles. The fourth-order valence-corrected chi connectivity index (χ4v) is 1.41. The Bertz CT molecular complexity index is 275. The van der Waals surface area contributed by atoms with E-state index in [0.717, 1.165) is 12.1 Å². The molecular formula is C8H14N4. The van der Waals surface area contributed by atoms with Crippen LogP contribution in [0.3, 0.4) is 0 Å². The van der Waals surface area contributed by atoms with E-state index in [1.54, 1.807) is 0 Å². The lowest BCUT2D eigenvalue weighted by atomic mass is 10.2. The first kappa shape index (κ1) is 7.73. The van der Waals surface area contributed by atoms with E-state index in [9.17, 15) is 0 Å². The van der Waals surface area contributed by atoms with Crippen molar-refractivity contribution in [3.05, 3.63) is 11.4 Å². The Morgan fingerprint density at radius 2 is 2.33 bits per heavy atom. The van der Waals surface area contributed by atoms with Gasteiger partial charge in [0.1, 0.15) is 0 Å². The van der Waals surface area contributed by atoms with Crippen molar-refractivity contribution < 1.29 is 0 Å². The molecular weight excluding hydrogens is 152 g/mol. The van der Waals surface area contributed by atoms with Crippen molar-refractivity contribution in [2.75, 3.05) is 6.54 Å². The van der Waals surface area contributed by atoms with Crippen LogP contribution in [0, 0.1) is 6.92 Å². The zero-order valence-electron chi connectivity index (χ0n) is 7.32.